The van der Waals surface area contributed by atoms with Crippen molar-refractivity contribution < 1.29 is 4.79 Å². The van der Waals surface area contributed by atoms with E-state index in [9.17, 15) is 4.79 Å². The predicted octanol–water partition coefficient (Wildman–Crippen LogP) is 1.10. The van der Waals surface area contributed by atoms with Gasteiger partial charge in [-0.2, -0.15) is 0 Å². The largest absolute Gasteiger partial charge is 0.344 e. The average Bonchev–Trinajstić information content (AvgIpc) is 2.65. The molecule has 1 rings (SSSR count). The van der Waals surface area contributed by atoms with Gasteiger partial charge in [0.25, 0.3) is 0 Å². The summed E-state index contributed by atoms with van der Waals surface area (Å²) < 4.78 is 0. The SMILES string of the molecule is C[C@@H](N)C(=O)N(C)CCc1cccs1. The van der Waals surface area contributed by atoms with Crippen LogP contribution in [0.5, 0.6) is 0 Å². The molecule has 0 radical (unpaired) electrons. The minimum absolute atomic E-state index is 0.00144. The fourth-order valence-electron chi connectivity index (χ4n) is 1.19. The van der Waals surface area contributed by atoms with Crippen molar-refractivity contribution in [3.05, 3.63) is 22.4 Å². The van der Waals surface area contributed by atoms with Gasteiger partial charge < -0.3 is 10.6 Å². The van der Waals surface area contributed by atoms with E-state index in [1.807, 2.05) is 11.4 Å². The minimum Gasteiger partial charge on any atom is -0.344 e. The summed E-state index contributed by atoms with van der Waals surface area (Å²) >= 11 is 1.72. The fraction of sp³-hybridized carbons (Fsp3) is 0.500. The highest BCUT2D eigenvalue weighted by Gasteiger charge is 2.12. The lowest BCUT2D eigenvalue weighted by Crippen LogP contribution is -2.40. The molecule has 1 aromatic rings. The average molecular weight is 212 g/mol. The number of likely N-dealkylation sites (N-methyl/N-ethyl adjacent to an activating group) is 1. The Balaban J connectivity index is 2.35. The highest BCUT2D eigenvalue weighted by molar-refractivity contribution is 7.09. The van der Waals surface area contributed by atoms with E-state index in [0.29, 0.717) is 0 Å². The molecule has 14 heavy (non-hydrogen) atoms. The third-order valence-electron chi connectivity index (χ3n) is 2.04. The van der Waals surface area contributed by atoms with Gasteiger partial charge >= 0.3 is 0 Å². The molecule has 0 unspecified atom stereocenters. The van der Waals surface area contributed by atoms with Gasteiger partial charge in [-0.15, -0.1) is 11.3 Å². The van der Waals surface area contributed by atoms with Gasteiger partial charge in [-0.1, -0.05) is 6.07 Å². The van der Waals surface area contributed by atoms with Crippen molar-refractivity contribution in [2.24, 2.45) is 5.73 Å². The summed E-state index contributed by atoms with van der Waals surface area (Å²) in [6, 6.07) is 3.70. The van der Waals surface area contributed by atoms with Gasteiger partial charge in [-0.3, -0.25) is 4.79 Å². The van der Waals surface area contributed by atoms with E-state index >= 15 is 0 Å². The molecule has 3 nitrogen and oxygen atoms in total. The summed E-state index contributed by atoms with van der Waals surface area (Å²) in [5, 5.41) is 2.04. The smallest absolute Gasteiger partial charge is 0.238 e. The van der Waals surface area contributed by atoms with Crippen molar-refractivity contribution in [2.75, 3.05) is 13.6 Å². The molecule has 0 aromatic carbocycles. The van der Waals surface area contributed by atoms with Crippen molar-refractivity contribution in [1.82, 2.24) is 4.90 Å². The lowest BCUT2D eigenvalue weighted by atomic mass is 10.3. The first-order chi connectivity index (χ1) is 6.61. The van der Waals surface area contributed by atoms with Gasteiger partial charge in [-0.05, 0) is 24.8 Å². The zero-order chi connectivity index (χ0) is 10.6. The number of hydrogen-bond acceptors (Lipinski definition) is 3. The van der Waals surface area contributed by atoms with Gasteiger partial charge in [-0.25, -0.2) is 0 Å². The summed E-state index contributed by atoms with van der Waals surface area (Å²) in [5.41, 5.74) is 5.50. The minimum atomic E-state index is -0.400. The van der Waals surface area contributed by atoms with Crippen LogP contribution in [0, 0.1) is 0 Å². The molecule has 1 atom stereocenters. The van der Waals surface area contributed by atoms with Crippen molar-refractivity contribution in [1.29, 1.82) is 0 Å². The number of hydrogen-bond donors (Lipinski definition) is 1. The number of rotatable bonds is 4. The second kappa shape index (κ2) is 5.12. The van der Waals surface area contributed by atoms with Crippen molar-refractivity contribution in [3.63, 3.8) is 0 Å². The Morgan fingerprint density at radius 1 is 1.71 bits per heavy atom. The number of amides is 1. The lowest BCUT2D eigenvalue weighted by molar-refractivity contribution is -0.130. The summed E-state index contributed by atoms with van der Waals surface area (Å²) in [6.45, 7) is 2.45. The Labute approximate surface area is 88.5 Å². The molecule has 0 aliphatic carbocycles. The van der Waals surface area contributed by atoms with Crippen LogP contribution in [0.15, 0.2) is 17.5 Å². The zero-order valence-electron chi connectivity index (χ0n) is 8.56. The molecule has 2 N–H and O–H groups in total. The van der Waals surface area contributed by atoms with Crippen LogP contribution in [-0.4, -0.2) is 30.4 Å². The van der Waals surface area contributed by atoms with Gasteiger partial charge in [0.05, 0.1) is 6.04 Å². The maximum atomic E-state index is 11.4. The van der Waals surface area contributed by atoms with E-state index in [4.69, 9.17) is 5.73 Å². The first-order valence-corrected chi connectivity index (χ1v) is 5.52. The number of carbonyl (C=O) groups is 1. The Bertz CT molecular complexity index is 282. The molecule has 0 saturated carbocycles. The Kier molecular flexibility index (Phi) is 4.10. The van der Waals surface area contributed by atoms with Crippen LogP contribution in [0.25, 0.3) is 0 Å². The monoisotopic (exact) mass is 212 g/mol. The van der Waals surface area contributed by atoms with Crippen molar-refractivity contribution >= 4 is 17.2 Å². The summed E-state index contributed by atoms with van der Waals surface area (Å²) in [7, 11) is 1.79. The van der Waals surface area contributed by atoms with Gasteiger partial charge in [0.2, 0.25) is 5.91 Å². The first kappa shape index (κ1) is 11.2. The molecule has 0 fully saturated rings. The van der Waals surface area contributed by atoms with Crippen LogP contribution in [-0.2, 0) is 11.2 Å². The van der Waals surface area contributed by atoms with E-state index in [2.05, 4.69) is 6.07 Å². The van der Waals surface area contributed by atoms with Crippen molar-refractivity contribution in [3.8, 4) is 0 Å². The molecule has 0 saturated heterocycles. The van der Waals surface area contributed by atoms with Crippen LogP contribution in [0.3, 0.4) is 0 Å². The summed E-state index contributed by atoms with van der Waals surface area (Å²) in [5.74, 6) is 0.00144. The topological polar surface area (TPSA) is 46.3 Å². The van der Waals surface area contributed by atoms with Gasteiger partial charge in [0.1, 0.15) is 0 Å². The van der Waals surface area contributed by atoms with Crippen molar-refractivity contribution in [2.45, 2.75) is 19.4 Å². The van der Waals surface area contributed by atoms with E-state index < -0.39 is 6.04 Å². The second-order valence-corrected chi connectivity index (χ2v) is 4.41. The molecule has 1 amide bonds. The third kappa shape index (κ3) is 3.12. The zero-order valence-corrected chi connectivity index (χ0v) is 9.38. The Morgan fingerprint density at radius 3 is 2.93 bits per heavy atom. The molecule has 0 aliphatic rings. The van der Waals surface area contributed by atoms with E-state index in [1.54, 1.807) is 30.2 Å². The summed E-state index contributed by atoms with van der Waals surface area (Å²) in [6.07, 6.45) is 0.909. The number of carbonyl (C=O) groups excluding carboxylic acids is 1. The van der Waals surface area contributed by atoms with Gasteiger partial charge in [0, 0.05) is 18.5 Å². The van der Waals surface area contributed by atoms with Crippen LogP contribution < -0.4 is 5.73 Å². The molecular weight excluding hydrogens is 196 g/mol. The van der Waals surface area contributed by atoms with Crippen LogP contribution in [0.4, 0.5) is 0 Å². The Hall–Kier alpha value is -0.870. The molecule has 1 heterocycles. The summed E-state index contributed by atoms with van der Waals surface area (Å²) in [4.78, 5) is 14.4. The maximum absolute atomic E-state index is 11.4. The molecule has 0 aliphatic heterocycles. The fourth-order valence-corrected chi connectivity index (χ4v) is 1.89. The quantitative estimate of drug-likeness (QED) is 0.812. The Morgan fingerprint density at radius 2 is 2.43 bits per heavy atom. The highest BCUT2D eigenvalue weighted by Crippen LogP contribution is 2.09. The predicted molar refractivity (Wildman–Crippen MR) is 59.3 cm³/mol. The molecular formula is C10H16N2OS. The highest BCUT2D eigenvalue weighted by atomic mass is 32.1. The normalized spacial score (nSPS) is 12.5. The first-order valence-electron chi connectivity index (χ1n) is 4.64. The van der Waals surface area contributed by atoms with Crippen LogP contribution >= 0.6 is 11.3 Å². The lowest BCUT2D eigenvalue weighted by Gasteiger charge is -2.18. The van der Waals surface area contributed by atoms with Gasteiger partial charge in [0.15, 0.2) is 0 Å². The van der Waals surface area contributed by atoms with Crippen LogP contribution in [0.2, 0.25) is 0 Å². The molecule has 78 valence electrons. The molecule has 0 spiro atoms. The number of nitrogens with two attached hydrogens (primary N) is 1. The van der Waals surface area contributed by atoms with E-state index in [0.717, 1.165) is 13.0 Å². The second-order valence-electron chi connectivity index (χ2n) is 3.38. The standard InChI is InChI=1S/C10H16N2OS/c1-8(11)10(13)12(2)6-5-9-4-3-7-14-9/h3-4,7-8H,5-6,11H2,1-2H3/t8-/m1/s1. The third-order valence-corrected chi connectivity index (χ3v) is 2.98. The van der Waals surface area contributed by atoms with E-state index in [-0.39, 0.29) is 5.91 Å². The number of nitrogens with zero attached hydrogens (tertiary/aromatic N) is 1. The molecule has 0 bridgehead atoms. The van der Waals surface area contributed by atoms with E-state index in [1.165, 1.54) is 4.88 Å². The molecule has 4 heteroatoms. The van der Waals surface area contributed by atoms with Crippen LogP contribution in [0.1, 0.15) is 11.8 Å². The maximum Gasteiger partial charge on any atom is 0.238 e. The number of thiophene rings is 1. The molecule has 1 aromatic heterocycles.